The van der Waals surface area contributed by atoms with E-state index in [4.69, 9.17) is 0 Å². The van der Waals surface area contributed by atoms with Crippen molar-refractivity contribution in [1.29, 1.82) is 0 Å². The van der Waals surface area contributed by atoms with Gasteiger partial charge in [0.05, 0.1) is 6.54 Å². The number of amides is 3. The van der Waals surface area contributed by atoms with E-state index >= 15 is 0 Å². The van der Waals surface area contributed by atoms with Crippen LogP contribution in [0.2, 0.25) is 0 Å². The van der Waals surface area contributed by atoms with Crippen molar-refractivity contribution in [2.75, 3.05) is 0 Å². The third-order valence-corrected chi connectivity index (χ3v) is 4.65. The number of carbonyl (C=O) groups excluding carboxylic acids is 2. The number of fused-ring (bicyclic) bond motifs is 1. The lowest BCUT2D eigenvalue weighted by molar-refractivity contribution is -0.123. The summed E-state index contributed by atoms with van der Waals surface area (Å²) in [5.74, 6) is -0.302. The highest BCUT2D eigenvalue weighted by Gasteiger charge is 2.33. The number of rotatable bonds is 3. The molecule has 130 valence electrons. The van der Waals surface area contributed by atoms with Crippen LogP contribution < -0.4 is 5.32 Å². The number of para-hydroxylation sites is 1. The normalized spacial score (nSPS) is 15.9. The highest BCUT2D eigenvalue weighted by atomic mass is 16.2. The number of urea groups is 1. The van der Waals surface area contributed by atoms with Gasteiger partial charge in [-0.15, -0.1) is 0 Å². The molecule has 3 aromatic rings. The van der Waals surface area contributed by atoms with E-state index in [0.29, 0.717) is 5.70 Å². The van der Waals surface area contributed by atoms with Crippen LogP contribution >= 0.6 is 0 Å². The first kappa shape index (κ1) is 16.1. The van der Waals surface area contributed by atoms with Crippen LogP contribution in [-0.2, 0) is 18.4 Å². The highest BCUT2D eigenvalue weighted by Crippen LogP contribution is 2.24. The van der Waals surface area contributed by atoms with Crippen LogP contribution in [0.3, 0.4) is 0 Å². The van der Waals surface area contributed by atoms with Gasteiger partial charge in [0.25, 0.3) is 5.91 Å². The second kappa shape index (κ2) is 6.19. The third-order valence-electron chi connectivity index (χ3n) is 4.65. The monoisotopic (exact) mass is 345 g/mol. The number of aryl methyl sites for hydroxylation is 2. The Morgan fingerprint density at radius 2 is 1.77 bits per heavy atom. The SMILES string of the molecule is Cc1ccc(CN2C(=O)N/C(=C/c3cn(C)c4ccccc34)C2=O)cc1. The number of aromatic nitrogens is 1. The van der Waals surface area contributed by atoms with Crippen molar-refractivity contribution >= 4 is 28.9 Å². The molecule has 0 aliphatic carbocycles. The summed E-state index contributed by atoms with van der Waals surface area (Å²) < 4.78 is 2.01. The molecule has 1 N–H and O–H groups in total. The van der Waals surface area contributed by atoms with Crippen molar-refractivity contribution in [2.45, 2.75) is 13.5 Å². The molecule has 0 radical (unpaired) electrons. The van der Waals surface area contributed by atoms with Gasteiger partial charge < -0.3 is 9.88 Å². The summed E-state index contributed by atoms with van der Waals surface area (Å²) in [5.41, 5.74) is 4.35. The summed E-state index contributed by atoms with van der Waals surface area (Å²) in [7, 11) is 1.96. The number of hydrogen-bond acceptors (Lipinski definition) is 2. The molecule has 0 unspecified atom stereocenters. The number of nitrogens with one attached hydrogen (secondary N) is 1. The Balaban J connectivity index is 1.64. The summed E-state index contributed by atoms with van der Waals surface area (Å²) in [5, 5.41) is 3.74. The molecule has 2 heterocycles. The Labute approximate surface area is 151 Å². The van der Waals surface area contributed by atoms with Crippen LogP contribution in [0.25, 0.3) is 17.0 Å². The van der Waals surface area contributed by atoms with Crippen molar-refractivity contribution < 1.29 is 9.59 Å². The minimum Gasteiger partial charge on any atom is -0.350 e. The van der Waals surface area contributed by atoms with Gasteiger partial charge in [-0.3, -0.25) is 9.69 Å². The van der Waals surface area contributed by atoms with Gasteiger partial charge in [-0.25, -0.2) is 4.79 Å². The zero-order valence-corrected chi connectivity index (χ0v) is 14.7. The average Bonchev–Trinajstić information content (AvgIpc) is 3.09. The molecule has 1 aliphatic heterocycles. The Morgan fingerprint density at radius 1 is 1.04 bits per heavy atom. The van der Waals surface area contributed by atoms with Gasteiger partial charge in [-0.05, 0) is 24.6 Å². The Hall–Kier alpha value is -3.34. The van der Waals surface area contributed by atoms with Crippen molar-refractivity contribution in [3.63, 3.8) is 0 Å². The Morgan fingerprint density at radius 3 is 2.54 bits per heavy atom. The summed E-state index contributed by atoms with van der Waals surface area (Å²) in [6.45, 7) is 2.26. The van der Waals surface area contributed by atoms with E-state index in [2.05, 4.69) is 5.32 Å². The van der Waals surface area contributed by atoms with Gasteiger partial charge in [-0.2, -0.15) is 0 Å². The number of nitrogens with zero attached hydrogens (tertiary/aromatic N) is 2. The van der Waals surface area contributed by atoms with Gasteiger partial charge in [0.15, 0.2) is 0 Å². The lowest BCUT2D eigenvalue weighted by Gasteiger charge is -2.11. The minimum atomic E-state index is -0.387. The largest absolute Gasteiger partial charge is 0.350 e. The van der Waals surface area contributed by atoms with Crippen LogP contribution in [0, 0.1) is 6.92 Å². The standard InChI is InChI=1S/C21H19N3O2/c1-14-7-9-15(10-8-14)12-24-20(25)18(22-21(24)26)11-16-13-23(2)19-6-4-3-5-17(16)19/h3-11,13H,12H2,1-2H3,(H,22,26)/b18-11+. The quantitative estimate of drug-likeness (QED) is 0.583. The molecule has 2 aromatic carbocycles. The second-order valence-corrected chi connectivity index (χ2v) is 6.58. The zero-order valence-electron chi connectivity index (χ0n) is 14.7. The van der Waals surface area contributed by atoms with Gasteiger partial charge in [0.2, 0.25) is 0 Å². The van der Waals surface area contributed by atoms with Crippen molar-refractivity contribution in [2.24, 2.45) is 7.05 Å². The third kappa shape index (κ3) is 2.77. The Kier molecular flexibility index (Phi) is 3.84. The topological polar surface area (TPSA) is 54.3 Å². The van der Waals surface area contributed by atoms with Gasteiger partial charge in [-0.1, -0.05) is 48.0 Å². The molecule has 1 aromatic heterocycles. The lowest BCUT2D eigenvalue weighted by Crippen LogP contribution is -2.30. The Bertz CT molecular complexity index is 1040. The average molecular weight is 345 g/mol. The molecule has 3 amide bonds. The molecule has 1 saturated heterocycles. The van der Waals surface area contributed by atoms with Crippen LogP contribution in [0.4, 0.5) is 4.79 Å². The van der Waals surface area contributed by atoms with Crippen molar-refractivity contribution in [3.8, 4) is 0 Å². The fourth-order valence-electron chi connectivity index (χ4n) is 3.23. The van der Waals surface area contributed by atoms with Gasteiger partial charge in [0, 0.05) is 29.7 Å². The maximum Gasteiger partial charge on any atom is 0.329 e. The molecule has 0 saturated carbocycles. The number of carbonyl (C=O) groups is 2. The van der Waals surface area contributed by atoms with Crippen LogP contribution in [0.1, 0.15) is 16.7 Å². The molecule has 5 nitrogen and oxygen atoms in total. The van der Waals surface area contributed by atoms with Crippen LogP contribution in [0.15, 0.2) is 60.4 Å². The fraction of sp³-hybridized carbons (Fsp3) is 0.143. The van der Waals surface area contributed by atoms with E-state index in [9.17, 15) is 9.59 Å². The van der Waals surface area contributed by atoms with E-state index in [1.54, 1.807) is 6.08 Å². The zero-order chi connectivity index (χ0) is 18.3. The first-order valence-corrected chi connectivity index (χ1v) is 8.47. The predicted octanol–water partition coefficient (Wildman–Crippen LogP) is 3.58. The first-order valence-electron chi connectivity index (χ1n) is 8.47. The summed E-state index contributed by atoms with van der Waals surface area (Å²) >= 11 is 0. The highest BCUT2D eigenvalue weighted by molar-refractivity contribution is 6.14. The molecule has 0 atom stereocenters. The first-order chi connectivity index (χ1) is 12.5. The number of imide groups is 1. The molecule has 4 rings (SSSR count). The smallest absolute Gasteiger partial charge is 0.329 e. The van der Waals surface area contributed by atoms with Gasteiger partial charge in [0.1, 0.15) is 5.70 Å². The maximum atomic E-state index is 12.7. The van der Waals surface area contributed by atoms with E-state index in [-0.39, 0.29) is 18.5 Å². The predicted molar refractivity (Wildman–Crippen MR) is 101 cm³/mol. The number of benzene rings is 2. The van der Waals surface area contributed by atoms with Crippen LogP contribution in [-0.4, -0.2) is 21.4 Å². The van der Waals surface area contributed by atoms with E-state index < -0.39 is 0 Å². The van der Waals surface area contributed by atoms with Gasteiger partial charge >= 0.3 is 6.03 Å². The van der Waals surface area contributed by atoms with Crippen molar-refractivity contribution in [3.05, 3.63) is 77.1 Å². The maximum absolute atomic E-state index is 12.7. The summed E-state index contributed by atoms with van der Waals surface area (Å²) in [4.78, 5) is 26.2. The molecular weight excluding hydrogens is 326 g/mol. The molecular formula is C21H19N3O2. The molecule has 1 aliphatic rings. The molecule has 0 spiro atoms. The second-order valence-electron chi connectivity index (χ2n) is 6.58. The molecule has 5 heteroatoms. The van der Waals surface area contributed by atoms with Crippen LogP contribution in [0.5, 0.6) is 0 Å². The summed E-state index contributed by atoms with van der Waals surface area (Å²) in [6.07, 6.45) is 3.71. The van der Waals surface area contributed by atoms with E-state index in [1.165, 1.54) is 4.90 Å². The molecule has 1 fully saturated rings. The fourth-order valence-corrected chi connectivity index (χ4v) is 3.23. The minimum absolute atomic E-state index is 0.262. The lowest BCUT2D eigenvalue weighted by atomic mass is 10.1. The molecule has 0 bridgehead atoms. The van der Waals surface area contributed by atoms with E-state index in [1.807, 2.05) is 73.3 Å². The summed E-state index contributed by atoms with van der Waals surface area (Å²) in [6, 6.07) is 15.4. The van der Waals surface area contributed by atoms with Crippen molar-refractivity contribution in [1.82, 2.24) is 14.8 Å². The molecule has 26 heavy (non-hydrogen) atoms. The number of hydrogen-bond donors (Lipinski definition) is 1. The van der Waals surface area contributed by atoms with E-state index in [0.717, 1.165) is 27.6 Å².